The Balaban J connectivity index is 2.41. The predicted octanol–water partition coefficient (Wildman–Crippen LogP) is 1.95. The van der Waals surface area contributed by atoms with Crippen molar-refractivity contribution in [2.75, 3.05) is 6.54 Å². The molecule has 1 unspecified atom stereocenters. The van der Waals surface area contributed by atoms with Crippen LogP contribution in [0.15, 0.2) is 10.8 Å². The average molecular weight is 153 g/mol. The Labute approximate surface area is 65.1 Å². The number of rotatable bonds is 0. The number of hydrogen-bond donors (Lipinski definition) is 1. The second kappa shape index (κ2) is 2.36. The monoisotopic (exact) mass is 153 g/mol. The summed E-state index contributed by atoms with van der Waals surface area (Å²) in [6.45, 7) is 3.37. The molecule has 10 heavy (non-hydrogen) atoms. The van der Waals surface area contributed by atoms with Gasteiger partial charge in [-0.3, -0.25) is 0 Å². The lowest BCUT2D eigenvalue weighted by atomic mass is 10.0. The predicted molar refractivity (Wildman–Crippen MR) is 44.4 cm³/mol. The Morgan fingerprint density at radius 2 is 2.50 bits per heavy atom. The highest BCUT2D eigenvalue weighted by Crippen LogP contribution is 2.25. The Hall–Kier alpha value is -0.340. The maximum absolute atomic E-state index is 3.43. The topological polar surface area (TPSA) is 12.0 Å². The molecule has 1 aliphatic heterocycles. The number of hydrogen-bond acceptors (Lipinski definition) is 2. The van der Waals surface area contributed by atoms with Crippen molar-refractivity contribution in [1.29, 1.82) is 0 Å². The fourth-order valence-corrected chi connectivity index (χ4v) is 2.44. The van der Waals surface area contributed by atoms with Crippen LogP contribution in [0.25, 0.3) is 0 Å². The van der Waals surface area contributed by atoms with Crippen molar-refractivity contribution in [3.63, 3.8) is 0 Å². The van der Waals surface area contributed by atoms with Gasteiger partial charge >= 0.3 is 0 Å². The fraction of sp³-hybridized carbons (Fsp3) is 0.500. The normalized spacial score (nSPS) is 24.3. The van der Waals surface area contributed by atoms with Crippen LogP contribution < -0.4 is 5.32 Å². The third kappa shape index (κ3) is 0.879. The van der Waals surface area contributed by atoms with Crippen LogP contribution >= 0.6 is 11.3 Å². The van der Waals surface area contributed by atoms with Crippen LogP contribution in [0.4, 0.5) is 0 Å². The third-order valence-electron chi connectivity index (χ3n) is 2.09. The number of nitrogens with one attached hydrogen (secondary N) is 1. The zero-order valence-corrected chi connectivity index (χ0v) is 6.87. The van der Waals surface area contributed by atoms with Gasteiger partial charge in [-0.15, -0.1) is 0 Å². The van der Waals surface area contributed by atoms with E-state index in [1.807, 2.05) is 11.3 Å². The lowest BCUT2D eigenvalue weighted by molar-refractivity contribution is 0.544. The van der Waals surface area contributed by atoms with Crippen LogP contribution in [0.2, 0.25) is 0 Å². The Morgan fingerprint density at radius 1 is 1.60 bits per heavy atom. The molecule has 2 heterocycles. The maximum atomic E-state index is 3.43. The highest BCUT2D eigenvalue weighted by molar-refractivity contribution is 7.08. The molecular formula is C8H11NS. The lowest BCUT2D eigenvalue weighted by Crippen LogP contribution is -2.26. The molecule has 1 atom stereocenters. The van der Waals surface area contributed by atoms with Gasteiger partial charge in [-0.2, -0.15) is 11.3 Å². The molecular weight excluding hydrogens is 142 g/mol. The number of fused-ring (bicyclic) bond motifs is 1. The van der Waals surface area contributed by atoms with Crippen molar-refractivity contribution in [2.45, 2.75) is 19.4 Å². The minimum absolute atomic E-state index is 0.579. The van der Waals surface area contributed by atoms with Gasteiger partial charge in [0.15, 0.2) is 0 Å². The van der Waals surface area contributed by atoms with E-state index in [4.69, 9.17) is 0 Å². The van der Waals surface area contributed by atoms with E-state index in [2.05, 4.69) is 23.0 Å². The van der Waals surface area contributed by atoms with Crippen LogP contribution in [0.3, 0.4) is 0 Å². The number of thiophene rings is 1. The van der Waals surface area contributed by atoms with Gasteiger partial charge in [0.1, 0.15) is 0 Å². The van der Waals surface area contributed by atoms with Crippen LogP contribution in [0, 0.1) is 0 Å². The smallest absolute Gasteiger partial charge is 0.0302 e. The van der Waals surface area contributed by atoms with Gasteiger partial charge in [0.2, 0.25) is 0 Å². The SMILES string of the molecule is CC1NCCc2cscc21. The summed E-state index contributed by atoms with van der Waals surface area (Å²) in [5.41, 5.74) is 3.06. The van der Waals surface area contributed by atoms with E-state index in [9.17, 15) is 0 Å². The molecule has 0 saturated carbocycles. The Bertz CT molecular complexity index is 229. The molecule has 0 saturated heterocycles. The molecule has 0 aromatic carbocycles. The van der Waals surface area contributed by atoms with Crippen LogP contribution in [0.5, 0.6) is 0 Å². The van der Waals surface area contributed by atoms with Gasteiger partial charge in [0.25, 0.3) is 0 Å². The first kappa shape index (κ1) is 6.38. The summed E-state index contributed by atoms with van der Waals surface area (Å²) in [5, 5.41) is 7.96. The molecule has 1 aliphatic rings. The van der Waals surface area contributed by atoms with Crippen molar-refractivity contribution in [3.05, 3.63) is 21.9 Å². The molecule has 0 radical (unpaired) electrons. The van der Waals surface area contributed by atoms with Gasteiger partial charge in [0, 0.05) is 6.04 Å². The van der Waals surface area contributed by atoms with Crippen molar-refractivity contribution in [2.24, 2.45) is 0 Å². The molecule has 0 fully saturated rings. The zero-order chi connectivity index (χ0) is 6.97. The summed E-state index contributed by atoms with van der Waals surface area (Å²) in [6.07, 6.45) is 1.21. The van der Waals surface area contributed by atoms with Crippen LogP contribution in [0.1, 0.15) is 24.1 Å². The Kier molecular flexibility index (Phi) is 1.51. The Morgan fingerprint density at radius 3 is 3.30 bits per heavy atom. The van der Waals surface area contributed by atoms with E-state index in [0.717, 1.165) is 6.54 Å². The summed E-state index contributed by atoms with van der Waals surface area (Å²) in [6, 6.07) is 0.579. The summed E-state index contributed by atoms with van der Waals surface area (Å²) >= 11 is 1.82. The molecule has 1 aromatic rings. The van der Waals surface area contributed by atoms with Crippen LogP contribution in [-0.4, -0.2) is 6.54 Å². The third-order valence-corrected chi connectivity index (χ3v) is 2.90. The minimum Gasteiger partial charge on any atom is -0.310 e. The summed E-state index contributed by atoms with van der Waals surface area (Å²) in [7, 11) is 0. The molecule has 0 aliphatic carbocycles. The lowest BCUT2D eigenvalue weighted by Gasteiger charge is -2.20. The van der Waals surface area contributed by atoms with E-state index in [-0.39, 0.29) is 0 Å². The van der Waals surface area contributed by atoms with E-state index in [0.29, 0.717) is 6.04 Å². The van der Waals surface area contributed by atoms with Crippen LogP contribution in [-0.2, 0) is 6.42 Å². The quantitative estimate of drug-likeness (QED) is 0.600. The molecule has 1 nitrogen and oxygen atoms in total. The molecule has 2 heteroatoms. The zero-order valence-electron chi connectivity index (χ0n) is 6.05. The fourth-order valence-electron chi connectivity index (χ4n) is 1.45. The molecule has 0 spiro atoms. The molecule has 2 rings (SSSR count). The first-order chi connectivity index (χ1) is 4.88. The second-order valence-corrected chi connectivity index (χ2v) is 3.52. The highest BCUT2D eigenvalue weighted by atomic mass is 32.1. The van der Waals surface area contributed by atoms with Crippen molar-refractivity contribution < 1.29 is 0 Å². The van der Waals surface area contributed by atoms with Gasteiger partial charge in [-0.25, -0.2) is 0 Å². The molecule has 0 amide bonds. The summed E-state index contributed by atoms with van der Waals surface area (Å²) in [4.78, 5) is 0. The minimum atomic E-state index is 0.579. The second-order valence-electron chi connectivity index (χ2n) is 2.78. The first-order valence-electron chi connectivity index (χ1n) is 3.66. The van der Waals surface area contributed by atoms with Gasteiger partial charge in [-0.1, -0.05) is 0 Å². The summed E-state index contributed by atoms with van der Waals surface area (Å²) < 4.78 is 0. The van der Waals surface area contributed by atoms with E-state index >= 15 is 0 Å². The van der Waals surface area contributed by atoms with Crippen molar-refractivity contribution in [1.82, 2.24) is 5.32 Å². The van der Waals surface area contributed by atoms with Gasteiger partial charge in [0.05, 0.1) is 0 Å². The largest absolute Gasteiger partial charge is 0.310 e. The molecule has 1 N–H and O–H groups in total. The van der Waals surface area contributed by atoms with Gasteiger partial charge < -0.3 is 5.32 Å². The maximum Gasteiger partial charge on any atom is 0.0302 e. The van der Waals surface area contributed by atoms with Gasteiger partial charge in [-0.05, 0) is 41.8 Å². The standard InChI is InChI=1S/C8H11NS/c1-6-8-5-10-4-7(8)2-3-9-6/h4-6,9H,2-3H2,1H3. The van der Waals surface area contributed by atoms with E-state index in [1.165, 1.54) is 12.0 Å². The van der Waals surface area contributed by atoms with E-state index in [1.54, 1.807) is 5.56 Å². The van der Waals surface area contributed by atoms with Crippen molar-refractivity contribution >= 4 is 11.3 Å². The average Bonchev–Trinajstić information content (AvgIpc) is 2.36. The molecule has 1 aromatic heterocycles. The molecule has 0 bridgehead atoms. The molecule has 54 valence electrons. The van der Waals surface area contributed by atoms with Crippen molar-refractivity contribution in [3.8, 4) is 0 Å². The first-order valence-corrected chi connectivity index (χ1v) is 4.60. The van der Waals surface area contributed by atoms with E-state index < -0.39 is 0 Å². The highest BCUT2D eigenvalue weighted by Gasteiger charge is 2.14. The summed E-state index contributed by atoms with van der Waals surface area (Å²) in [5.74, 6) is 0.